The molecule has 3 heteroatoms. The van der Waals surface area contributed by atoms with Gasteiger partial charge in [-0.15, -0.1) is 0 Å². The number of nitrogens with zero attached hydrogens (tertiary/aromatic N) is 1. The molecule has 0 spiro atoms. The SMILES string of the molecule is CCC1=C(c2n[nH]cc2Br)C1. The van der Waals surface area contributed by atoms with E-state index in [9.17, 15) is 0 Å². The highest BCUT2D eigenvalue weighted by Crippen LogP contribution is 2.43. The third kappa shape index (κ3) is 1.13. The lowest BCUT2D eigenvalue weighted by Crippen LogP contribution is -1.73. The van der Waals surface area contributed by atoms with Crippen LogP contribution in [0.1, 0.15) is 25.5 Å². The standard InChI is InChI=1S/C8H9BrN2/c1-2-5-3-6(5)8-7(9)4-10-11-8/h4H,2-3H2,1H3,(H,10,11). The highest BCUT2D eigenvalue weighted by Gasteiger charge is 2.24. The maximum absolute atomic E-state index is 4.15. The normalized spacial score (nSPS) is 15.8. The van der Waals surface area contributed by atoms with Crippen LogP contribution in [0.2, 0.25) is 0 Å². The van der Waals surface area contributed by atoms with E-state index < -0.39 is 0 Å². The average molecular weight is 213 g/mol. The van der Waals surface area contributed by atoms with Gasteiger partial charge in [0.2, 0.25) is 0 Å². The minimum absolute atomic E-state index is 1.08. The van der Waals surface area contributed by atoms with Gasteiger partial charge in [0, 0.05) is 6.20 Å². The second-order valence-electron chi connectivity index (χ2n) is 2.69. The molecule has 1 aliphatic rings. The molecule has 1 aromatic heterocycles. The highest BCUT2D eigenvalue weighted by atomic mass is 79.9. The van der Waals surface area contributed by atoms with E-state index in [0.29, 0.717) is 0 Å². The van der Waals surface area contributed by atoms with E-state index in [0.717, 1.165) is 23.0 Å². The van der Waals surface area contributed by atoms with E-state index in [2.05, 4.69) is 33.1 Å². The number of aromatic amines is 1. The van der Waals surface area contributed by atoms with Crippen LogP contribution in [0, 0.1) is 0 Å². The Bertz CT molecular complexity index is 312. The molecular formula is C8H9BrN2. The van der Waals surface area contributed by atoms with Crippen molar-refractivity contribution in [1.29, 1.82) is 0 Å². The van der Waals surface area contributed by atoms with Crippen LogP contribution in [0.5, 0.6) is 0 Å². The lowest BCUT2D eigenvalue weighted by Gasteiger charge is -1.83. The van der Waals surface area contributed by atoms with Crippen LogP contribution in [-0.2, 0) is 0 Å². The third-order valence-corrected chi connectivity index (χ3v) is 2.60. The molecule has 0 aliphatic heterocycles. The summed E-state index contributed by atoms with van der Waals surface area (Å²) in [5.74, 6) is 0. The van der Waals surface area contributed by atoms with Gasteiger partial charge in [-0.05, 0) is 34.3 Å². The summed E-state index contributed by atoms with van der Waals surface area (Å²) in [6, 6.07) is 0. The van der Waals surface area contributed by atoms with Crippen molar-refractivity contribution in [2.24, 2.45) is 0 Å². The number of nitrogens with one attached hydrogen (secondary N) is 1. The van der Waals surface area contributed by atoms with Crippen LogP contribution < -0.4 is 0 Å². The molecular weight excluding hydrogens is 204 g/mol. The first-order chi connectivity index (χ1) is 5.33. The molecule has 0 fully saturated rings. The van der Waals surface area contributed by atoms with Crippen LogP contribution >= 0.6 is 15.9 Å². The molecule has 0 amide bonds. The van der Waals surface area contributed by atoms with E-state index in [4.69, 9.17) is 0 Å². The molecule has 1 aliphatic carbocycles. The lowest BCUT2D eigenvalue weighted by molar-refractivity contribution is 1.08. The van der Waals surface area contributed by atoms with Crippen molar-refractivity contribution in [3.63, 3.8) is 0 Å². The van der Waals surface area contributed by atoms with E-state index in [1.165, 1.54) is 11.1 Å². The van der Waals surface area contributed by atoms with Gasteiger partial charge in [0.05, 0.1) is 4.47 Å². The first-order valence-electron chi connectivity index (χ1n) is 3.73. The number of H-pyrrole nitrogens is 1. The molecule has 1 N–H and O–H groups in total. The molecule has 2 rings (SSSR count). The number of hydrogen-bond donors (Lipinski definition) is 1. The second kappa shape index (κ2) is 2.48. The maximum Gasteiger partial charge on any atom is 0.102 e. The van der Waals surface area contributed by atoms with Gasteiger partial charge in [-0.1, -0.05) is 12.5 Å². The van der Waals surface area contributed by atoms with Crippen molar-refractivity contribution < 1.29 is 0 Å². The summed E-state index contributed by atoms with van der Waals surface area (Å²) in [4.78, 5) is 0. The topological polar surface area (TPSA) is 28.7 Å². The van der Waals surface area contributed by atoms with Gasteiger partial charge in [-0.25, -0.2) is 0 Å². The second-order valence-corrected chi connectivity index (χ2v) is 3.55. The molecule has 11 heavy (non-hydrogen) atoms. The zero-order chi connectivity index (χ0) is 7.84. The minimum Gasteiger partial charge on any atom is -0.284 e. The molecule has 0 atom stereocenters. The van der Waals surface area contributed by atoms with Crippen LogP contribution in [0.25, 0.3) is 5.57 Å². The Balaban J connectivity index is 2.32. The molecule has 1 aromatic rings. The Morgan fingerprint density at radius 1 is 1.73 bits per heavy atom. The first-order valence-corrected chi connectivity index (χ1v) is 4.52. The average Bonchev–Trinajstić information content (AvgIpc) is 2.68. The molecule has 0 saturated heterocycles. The van der Waals surface area contributed by atoms with Gasteiger partial charge in [0.15, 0.2) is 0 Å². The molecule has 0 aromatic carbocycles. The fraction of sp³-hybridized carbons (Fsp3) is 0.375. The monoisotopic (exact) mass is 212 g/mol. The minimum atomic E-state index is 1.08. The highest BCUT2D eigenvalue weighted by molar-refractivity contribution is 9.10. The van der Waals surface area contributed by atoms with Crippen molar-refractivity contribution in [3.8, 4) is 0 Å². The Morgan fingerprint density at radius 2 is 2.55 bits per heavy atom. The van der Waals surface area contributed by atoms with E-state index >= 15 is 0 Å². The van der Waals surface area contributed by atoms with E-state index in [1.54, 1.807) is 0 Å². The number of rotatable bonds is 2. The molecule has 0 bridgehead atoms. The van der Waals surface area contributed by atoms with Crippen molar-refractivity contribution in [3.05, 3.63) is 21.9 Å². The fourth-order valence-electron chi connectivity index (χ4n) is 1.25. The molecule has 2 nitrogen and oxygen atoms in total. The molecule has 0 unspecified atom stereocenters. The Kier molecular flexibility index (Phi) is 1.60. The summed E-state index contributed by atoms with van der Waals surface area (Å²) in [7, 11) is 0. The Morgan fingerprint density at radius 3 is 3.00 bits per heavy atom. The van der Waals surface area contributed by atoms with E-state index in [1.807, 2.05) is 6.20 Å². The summed E-state index contributed by atoms with van der Waals surface area (Å²) >= 11 is 3.44. The van der Waals surface area contributed by atoms with Gasteiger partial charge in [0.1, 0.15) is 5.69 Å². The number of allylic oxidation sites excluding steroid dienone is 2. The van der Waals surface area contributed by atoms with Crippen molar-refractivity contribution >= 4 is 21.5 Å². The van der Waals surface area contributed by atoms with E-state index in [-0.39, 0.29) is 0 Å². The molecule has 1 heterocycles. The van der Waals surface area contributed by atoms with Gasteiger partial charge >= 0.3 is 0 Å². The first kappa shape index (κ1) is 7.10. The van der Waals surface area contributed by atoms with Gasteiger partial charge < -0.3 is 0 Å². The number of aromatic nitrogens is 2. The summed E-state index contributed by atoms with van der Waals surface area (Å²) in [5.41, 5.74) is 4.06. The largest absolute Gasteiger partial charge is 0.284 e. The summed E-state index contributed by atoms with van der Waals surface area (Å²) in [6.07, 6.45) is 4.18. The van der Waals surface area contributed by atoms with Crippen LogP contribution in [0.3, 0.4) is 0 Å². The Labute approximate surface area is 73.8 Å². The van der Waals surface area contributed by atoms with Crippen LogP contribution in [0.15, 0.2) is 16.2 Å². The quantitative estimate of drug-likeness (QED) is 0.803. The van der Waals surface area contributed by atoms with Gasteiger partial charge in [0.25, 0.3) is 0 Å². The van der Waals surface area contributed by atoms with Crippen LogP contribution in [-0.4, -0.2) is 10.2 Å². The van der Waals surface area contributed by atoms with Gasteiger partial charge in [-0.3, -0.25) is 5.10 Å². The van der Waals surface area contributed by atoms with Gasteiger partial charge in [-0.2, -0.15) is 5.10 Å². The third-order valence-electron chi connectivity index (χ3n) is 2.00. The van der Waals surface area contributed by atoms with Crippen molar-refractivity contribution in [1.82, 2.24) is 10.2 Å². The number of hydrogen-bond acceptors (Lipinski definition) is 1. The summed E-state index contributed by atoms with van der Waals surface area (Å²) < 4.78 is 1.08. The van der Waals surface area contributed by atoms with Crippen molar-refractivity contribution in [2.75, 3.05) is 0 Å². The predicted octanol–water partition coefficient (Wildman–Crippen LogP) is 2.74. The molecule has 0 radical (unpaired) electrons. The molecule has 58 valence electrons. The summed E-state index contributed by atoms with van der Waals surface area (Å²) in [5, 5.41) is 6.98. The lowest BCUT2D eigenvalue weighted by atomic mass is 10.3. The fourth-order valence-corrected chi connectivity index (χ4v) is 1.68. The predicted molar refractivity (Wildman–Crippen MR) is 48.1 cm³/mol. The Hall–Kier alpha value is -0.570. The zero-order valence-corrected chi connectivity index (χ0v) is 7.90. The smallest absolute Gasteiger partial charge is 0.102 e. The van der Waals surface area contributed by atoms with Crippen LogP contribution in [0.4, 0.5) is 0 Å². The zero-order valence-electron chi connectivity index (χ0n) is 6.32. The summed E-state index contributed by atoms with van der Waals surface area (Å²) in [6.45, 7) is 2.18. The molecule has 0 saturated carbocycles. The maximum atomic E-state index is 4.15. The van der Waals surface area contributed by atoms with Crippen molar-refractivity contribution in [2.45, 2.75) is 19.8 Å². The number of halogens is 1.